The van der Waals surface area contributed by atoms with Gasteiger partial charge in [-0.15, -0.1) is 0 Å². The second-order valence-electron chi connectivity index (χ2n) is 10.4. The molecule has 3 heteroatoms. The van der Waals surface area contributed by atoms with Crippen molar-refractivity contribution in [1.82, 2.24) is 0 Å². The molecule has 2 nitrogen and oxygen atoms in total. The lowest BCUT2D eigenvalue weighted by Gasteiger charge is -2.64. The minimum Gasteiger partial charge on any atom is -0.389 e. The monoisotopic (exact) mass is 376 g/mol. The Morgan fingerprint density at radius 1 is 0.962 bits per heavy atom. The molecule has 144 valence electrons. The van der Waals surface area contributed by atoms with Crippen molar-refractivity contribution < 1.29 is 10.2 Å². The number of hydrogen-bond acceptors (Lipinski definition) is 2. The fourth-order valence-electron chi connectivity index (χ4n) is 7.30. The molecule has 0 bridgehead atoms. The van der Waals surface area contributed by atoms with Crippen molar-refractivity contribution in [2.45, 2.75) is 83.3 Å². The predicted octanol–water partition coefficient (Wildman–Crippen LogP) is 5.69. The molecule has 1 aromatic carbocycles. The Morgan fingerprint density at radius 2 is 1.69 bits per heavy atom. The molecule has 2 N–H and O–H groups in total. The fraction of sp³-hybridized carbons (Fsp3) is 0.739. The molecule has 0 aromatic heterocycles. The molecule has 1 aromatic rings. The third-order valence-corrected chi connectivity index (χ3v) is 8.63. The lowest BCUT2D eigenvalue weighted by Crippen LogP contribution is -2.62. The first-order valence-electron chi connectivity index (χ1n) is 10.3. The number of hydrogen-bond donors (Lipinski definition) is 2. The first kappa shape index (κ1) is 18.8. The summed E-state index contributed by atoms with van der Waals surface area (Å²) < 4.78 is 0. The van der Waals surface area contributed by atoms with Crippen LogP contribution in [0.4, 0.5) is 0 Å². The Kier molecular flexibility index (Phi) is 4.31. The molecule has 3 aliphatic rings. The molecule has 0 amide bonds. The zero-order valence-electron chi connectivity index (χ0n) is 16.4. The van der Waals surface area contributed by atoms with Gasteiger partial charge in [-0.3, -0.25) is 0 Å². The van der Waals surface area contributed by atoms with E-state index in [1.165, 1.54) is 19.3 Å². The molecule has 4 rings (SSSR count). The molecular weight excluding hydrogens is 344 g/mol. The van der Waals surface area contributed by atoms with Crippen molar-refractivity contribution in [2.75, 3.05) is 0 Å². The summed E-state index contributed by atoms with van der Waals surface area (Å²) in [5.41, 5.74) is -0.343. The number of halogens is 1. The van der Waals surface area contributed by atoms with Crippen LogP contribution in [0, 0.1) is 22.7 Å². The first-order chi connectivity index (χ1) is 12.1. The second kappa shape index (κ2) is 5.96. The highest BCUT2D eigenvalue weighted by molar-refractivity contribution is 6.30. The maximum Gasteiger partial charge on any atom is 0.0924 e. The van der Waals surface area contributed by atoms with Crippen molar-refractivity contribution in [3.63, 3.8) is 0 Å². The lowest BCUT2D eigenvalue weighted by atomic mass is 9.42. The highest BCUT2D eigenvalue weighted by Gasteiger charge is 2.62. The van der Waals surface area contributed by atoms with Crippen LogP contribution in [-0.4, -0.2) is 15.8 Å². The van der Waals surface area contributed by atoms with E-state index in [2.05, 4.69) is 20.8 Å². The molecule has 0 aliphatic heterocycles. The van der Waals surface area contributed by atoms with Gasteiger partial charge in [0.25, 0.3) is 0 Å². The third-order valence-electron chi connectivity index (χ3n) is 8.39. The van der Waals surface area contributed by atoms with E-state index in [9.17, 15) is 10.2 Å². The summed E-state index contributed by atoms with van der Waals surface area (Å²) in [5.74, 6) is 0.958. The zero-order chi connectivity index (χ0) is 18.8. The van der Waals surface area contributed by atoms with Crippen LogP contribution in [0.5, 0.6) is 0 Å². The van der Waals surface area contributed by atoms with Crippen LogP contribution in [0.15, 0.2) is 24.3 Å². The molecule has 3 fully saturated rings. The summed E-state index contributed by atoms with van der Waals surface area (Å²) >= 11 is 6.17. The number of fused-ring (bicyclic) bond motifs is 3. The van der Waals surface area contributed by atoms with E-state index < -0.39 is 11.2 Å². The van der Waals surface area contributed by atoms with E-state index >= 15 is 0 Å². The molecule has 26 heavy (non-hydrogen) atoms. The number of benzene rings is 1. The molecule has 5 atom stereocenters. The quantitative estimate of drug-likeness (QED) is 0.661. The van der Waals surface area contributed by atoms with E-state index in [0.717, 1.165) is 24.8 Å². The highest BCUT2D eigenvalue weighted by atomic mass is 35.5. The van der Waals surface area contributed by atoms with Crippen LogP contribution >= 0.6 is 11.6 Å². The maximum atomic E-state index is 11.7. The Labute approximate surface area is 163 Å². The Bertz CT molecular complexity index is 701. The second-order valence-corrected chi connectivity index (χ2v) is 10.8. The molecule has 0 saturated heterocycles. The van der Waals surface area contributed by atoms with Gasteiger partial charge in [-0.2, -0.15) is 0 Å². The van der Waals surface area contributed by atoms with Crippen molar-refractivity contribution in [2.24, 2.45) is 22.7 Å². The highest BCUT2D eigenvalue weighted by Crippen LogP contribution is 2.66. The van der Waals surface area contributed by atoms with Crippen molar-refractivity contribution in [1.29, 1.82) is 0 Å². The van der Waals surface area contributed by atoms with E-state index in [1.807, 2.05) is 24.3 Å². The number of aliphatic hydroxyl groups is 2. The van der Waals surface area contributed by atoms with Gasteiger partial charge in [0.2, 0.25) is 0 Å². The average molecular weight is 377 g/mol. The summed E-state index contributed by atoms with van der Waals surface area (Å²) in [6.07, 6.45) is 7.69. The van der Waals surface area contributed by atoms with E-state index in [4.69, 9.17) is 11.6 Å². The van der Waals surface area contributed by atoms with Gasteiger partial charge in [-0.25, -0.2) is 0 Å². The standard InChI is InChI=1S/C23H33ClO2/c1-20(2)10-5-11-21(3)18(20)8-13-23(26)15-22(25,12-9-19(21)23)16-6-4-7-17(24)14-16/h4,6-7,14,18-19,25-26H,5,8-13,15H2,1-3H3/t18-,19+,21-,22+,23+/m0/s1. The Morgan fingerprint density at radius 3 is 2.42 bits per heavy atom. The van der Waals surface area contributed by atoms with Gasteiger partial charge < -0.3 is 10.2 Å². The minimum atomic E-state index is -0.969. The molecule has 3 saturated carbocycles. The van der Waals surface area contributed by atoms with Gasteiger partial charge in [-0.05, 0) is 78.9 Å². The lowest BCUT2D eigenvalue weighted by molar-refractivity contribution is -0.224. The van der Waals surface area contributed by atoms with Gasteiger partial charge >= 0.3 is 0 Å². The predicted molar refractivity (Wildman–Crippen MR) is 106 cm³/mol. The van der Waals surface area contributed by atoms with Crippen LogP contribution in [0.25, 0.3) is 0 Å². The van der Waals surface area contributed by atoms with Crippen LogP contribution in [0.3, 0.4) is 0 Å². The van der Waals surface area contributed by atoms with Gasteiger partial charge in [0.05, 0.1) is 11.2 Å². The fourth-order valence-corrected chi connectivity index (χ4v) is 7.49. The summed E-state index contributed by atoms with van der Waals surface area (Å²) in [6.45, 7) is 7.27. The number of rotatable bonds is 1. The van der Waals surface area contributed by atoms with Crippen molar-refractivity contribution >= 4 is 11.6 Å². The van der Waals surface area contributed by atoms with E-state index in [0.29, 0.717) is 29.2 Å². The smallest absolute Gasteiger partial charge is 0.0924 e. The summed E-state index contributed by atoms with van der Waals surface area (Å²) in [6, 6.07) is 7.55. The normalized spacial score (nSPS) is 44.8. The Balaban J connectivity index is 1.66. The van der Waals surface area contributed by atoms with Crippen LogP contribution in [0.1, 0.15) is 77.7 Å². The van der Waals surface area contributed by atoms with Crippen molar-refractivity contribution in [3.8, 4) is 0 Å². The van der Waals surface area contributed by atoms with Crippen LogP contribution in [0.2, 0.25) is 5.02 Å². The first-order valence-corrected chi connectivity index (χ1v) is 10.7. The van der Waals surface area contributed by atoms with E-state index in [1.54, 1.807) is 0 Å². The van der Waals surface area contributed by atoms with Gasteiger partial charge in [0.15, 0.2) is 0 Å². The third kappa shape index (κ3) is 2.75. The topological polar surface area (TPSA) is 40.5 Å². The van der Waals surface area contributed by atoms with Gasteiger partial charge in [-0.1, -0.05) is 50.9 Å². The Hall–Kier alpha value is -0.570. The molecule has 0 spiro atoms. The van der Waals surface area contributed by atoms with Crippen LogP contribution < -0.4 is 0 Å². The maximum absolute atomic E-state index is 11.7. The largest absolute Gasteiger partial charge is 0.389 e. The average Bonchev–Trinajstić information content (AvgIpc) is 2.53. The zero-order valence-corrected chi connectivity index (χ0v) is 17.1. The molecule has 0 heterocycles. The van der Waals surface area contributed by atoms with Gasteiger partial charge in [0, 0.05) is 11.4 Å². The van der Waals surface area contributed by atoms with Crippen LogP contribution in [-0.2, 0) is 5.60 Å². The van der Waals surface area contributed by atoms with Crippen molar-refractivity contribution in [3.05, 3.63) is 34.9 Å². The molecule has 3 aliphatic carbocycles. The minimum absolute atomic E-state index is 0.185. The van der Waals surface area contributed by atoms with E-state index in [-0.39, 0.29) is 11.3 Å². The summed E-state index contributed by atoms with van der Waals surface area (Å²) in [4.78, 5) is 0. The SMILES string of the molecule is CC1(C)CCC[C@@]2(C)[C@H]1CC[C@@]1(O)C[C@@](O)(c3cccc(Cl)c3)CC[C@@H]12. The molecule has 0 unspecified atom stereocenters. The van der Waals surface area contributed by atoms with Gasteiger partial charge in [0.1, 0.15) is 0 Å². The summed E-state index contributed by atoms with van der Waals surface area (Å²) in [5, 5.41) is 23.8. The molecular formula is C23H33ClO2. The molecule has 0 radical (unpaired) electrons. The summed E-state index contributed by atoms with van der Waals surface area (Å²) in [7, 11) is 0.